The molecule has 1 radical (unpaired) electrons. The first-order valence-corrected chi connectivity index (χ1v) is 4.51. The first kappa shape index (κ1) is 16.2. The maximum atomic E-state index is 11.7. The summed E-state index contributed by atoms with van der Waals surface area (Å²) in [6, 6.07) is 0. The van der Waals surface area contributed by atoms with E-state index in [9.17, 15) is 4.79 Å². The van der Waals surface area contributed by atoms with E-state index in [4.69, 9.17) is 0 Å². The Morgan fingerprint density at radius 1 is 0.923 bits per heavy atom. The first-order chi connectivity index (χ1) is 5.37. The van der Waals surface area contributed by atoms with Gasteiger partial charge in [-0.1, -0.05) is 13.8 Å². The van der Waals surface area contributed by atoms with Gasteiger partial charge in [0.2, 0.25) is 0 Å². The number of Topliss-reactive ketones (excluding diaryl/α,β-unsaturated/α-hetero) is 1. The standard InChI is InChI=1S/C11H20O.Y/c1-7(2)9(5)11(12)10(6)8(3)4;/h9-10H,1-6H3;/q-2;. The maximum Gasteiger partial charge on any atom is 0.0795 e. The third-order valence-electron chi connectivity index (χ3n) is 2.59. The van der Waals surface area contributed by atoms with E-state index >= 15 is 0 Å². The minimum Gasteiger partial charge on any atom is -0.310 e. The first-order valence-electron chi connectivity index (χ1n) is 4.51. The minimum atomic E-state index is 0. The van der Waals surface area contributed by atoms with Gasteiger partial charge in [-0.05, 0) is 0 Å². The van der Waals surface area contributed by atoms with E-state index < -0.39 is 0 Å². The Bertz CT molecular complexity index is 136. The fourth-order valence-electron chi connectivity index (χ4n) is 0.944. The van der Waals surface area contributed by atoms with Crippen LogP contribution < -0.4 is 0 Å². The average molecular weight is 257 g/mol. The van der Waals surface area contributed by atoms with Crippen LogP contribution in [-0.2, 0) is 37.5 Å². The van der Waals surface area contributed by atoms with Gasteiger partial charge in [0, 0.05) is 32.7 Å². The molecule has 2 atom stereocenters. The number of carbonyl (C=O) groups is 1. The van der Waals surface area contributed by atoms with E-state index in [1.807, 2.05) is 41.5 Å². The zero-order valence-corrected chi connectivity index (χ0v) is 12.5. The molecule has 75 valence electrons. The molecule has 0 saturated heterocycles. The van der Waals surface area contributed by atoms with Crippen LogP contribution in [0, 0.1) is 23.7 Å². The molecule has 0 spiro atoms. The molecule has 0 heterocycles. The van der Waals surface area contributed by atoms with Crippen LogP contribution >= 0.6 is 0 Å². The van der Waals surface area contributed by atoms with Gasteiger partial charge >= 0.3 is 0 Å². The third kappa shape index (κ3) is 5.27. The summed E-state index contributed by atoms with van der Waals surface area (Å²) in [6.07, 6.45) is 0. The van der Waals surface area contributed by atoms with Gasteiger partial charge in [-0.15, -0.1) is 11.8 Å². The van der Waals surface area contributed by atoms with Gasteiger partial charge in [-0.25, -0.2) is 0 Å². The number of ketones is 1. The molecule has 13 heavy (non-hydrogen) atoms. The van der Waals surface area contributed by atoms with Crippen LogP contribution in [0.5, 0.6) is 0 Å². The molecule has 0 bridgehead atoms. The average Bonchev–Trinajstić information content (AvgIpc) is 2.00. The molecule has 0 aliphatic rings. The number of rotatable bonds is 4. The summed E-state index contributed by atoms with van der Waals surface area (Å²) in [5, 5.41) is 0. The van der Waals surface area contributed by atoms with E-state index in [-0.39, 0.29) is 44.5 Å². The molecule has 0 amide bonds. The molecule has 2 heteroatoms. The second-order valence-electron chi connectivity index (χ2n) is 4.00. The fourth-order valence-corrected chi connectivity index (χ4v) is 0.944. The Labute approximate surface area is 108 Å². The van der Waals surface area contributed by atoms with Crippen molar-refractivity contribution in [1.82, 2.24) is 0 Å². The molecular weight excluding hydrogens is 237 g/mol. The Hall–Kier alpha value is 0.774. The van der Waals surface area contributed by atoms with E-state index in [2.05, 4.69) is 0 Å². The number of hydrogen-bond donors (Lipinski definition) is 0. The van der Waals surface area contributed by atoms with Gasteiger partial charge in [-0.3, -0.25) is 0 Å². The number of carbonyl (C=O) groups excluding carboxylic acids is 1. The molecule has 0 rings (SSSR count). The second kappa shape index (κ2) is 7.12. The summed E-state index contributed by atoms with van der Waals surface area (Å²) in [5.41, 5.74) is 0. The van der Waals surface area contributed by atoms with Crippen molar-refractivity contribution in [2.45, 2.75) is 41.5 Å². The SMILES string of the molecule is C[C-](C)C(C)C(=O)C(C)[C-](C)C.[Y]. The van der Waals surface area contributed by atoms with Crippen molar-refractivity contribution in [3.8, 4) is 0 Å². The van der Waals surface area contributed by atoms with E-state index in [1.165, 1.54) is 11.8 Å². The van der Waals surface area contributed by atoms with E-state index in [0.717, 1.165) is 0 Å². The van der Waals surface area contributed by atoms with Crippen molar-refractivity contribution in [2.24, 2.45) is 11.8 Å². The zero-order chi connectivity index (χ0) is 9.89. The molecule has 0 N–H and O–H groups in total. The van der Waals surface area contributed by atoms with Crippen LogP contribution in [-0.4, -0.2) is 5.78 Å². The molecule has 0 aromatic heterocycles. The van der Waals surface area contributed by atoms with E-state index in [0.29, 0.717) is 5.78 Å². The molecule has 0 fully saturated rings. The Balaban J connectivity index is 0. The minimum absolute atomic E-state index is 0. The summed E-state index contributed by atoms with van der Waals surface area (Å²) in [6.45, 7) is 12.0. The van der Waals surface area contributed by atoms with Gasteiger partial charge in [-0.2, -0.15) is 27.7 Å². The smallest absolute Gasteiger partial charge is 0.0795 e. The van der Waals surface area contributed by atoms with Crippen molar-refractivity contribution < 1.29 is 37.5 Å². The van der Waals surface area contributed by atoms with Crippen LogP contribution in [0.25, 0.3) is 0 Å². The quantitative estimate of drug-likeness (QED) is 0.707. The zero-order valence-electron chi connectivity index (χ0n) is 9.64. The van der Waals surface area contributed by atoms with Crippen LogP contribution in [0.4, 0.5) is 0 Å². The van der Waals surface area contributed by atoms with Crippen molar-refractivity contribution >= 4 is 5.78 Å². The van der Waals surface area contributed by atoms with Crippen LogP contribution in [0.3, 0.4) is 0 Å². The molecule has 0 saturated carbocycles. The van der Waals surface area contributed by atoms with Crippen LogP contribution in [0.2, 0.25) is 0 Å². The molecule has 0 aliphatic carbocycles. The fraction of sp³-hybridized carbons (Fsp3) is 0.727. The van der Waals surface area contributed by atoms with Crippen LogP contribution in [0.1, 0.15) is 41.5 Å². The maximum absolute atomic E-state index is 11.7. The number of hydrogen-bond acceptors (Lipinski definition) is 1. The van der Waals surface area contributed by atoms with Crippen molar-refractivity contribution in [2.75, 3.05) is 0 Å². The Kier molecular flexibility index (Phi) is 8.88. The molecule has 1 nitrogen and oxygen atoms in total. The van der Waals surface area contributed by atoms with Gasteiger partial charge in [0.15, 0.2) is 0 Å². The largest absolute Gasteiger partial charge is 0.310 e. The second-order valence-corrected chi connectivity index (χ2v) is 4.00. The predicted molar refractivity (Wildman–Crippen MR) is 52.5 cm³/mol. The predicted octanol–water partition coefficient (Wildman–Crippen LogP) is 3.05. The van der Waals surface area contributed by atoms with Gasteiger partial charge in [0.1, 0.15) is 0 Å². The monoisotopic (exact) mass is 257 g/mol. The van der Waals surface area contributed by atoms with Crippen LogP contribution in [0.15, 0.2) is 0 Å². The molecular formula is C11H20OY-2. The summed E-state index contributed by atoms with van der Waals surface area (Å²) in [7, 11) is 0. The van der Waals surface area contributed by atoms with Gasteiger partial charge < -0.3 is 16.6 Å². The Morgan fingerprint density at radius 3 is 1.31 bits per heavy atom. The van der Waals surface area contributed by atoms with Gasteiger partial charge in [0.05, 0.1) is 5.78 Å². The van der Waals surface area contributed by atoms with E-state index in [1.54, 1.807) is 0 Å². The van der Waals surface area contributed by atoms with Crippen molar-refractivity contribution in [3.05, 3.63) is 11.8 Å². The summed E-state index contributed by atoms with van der Waals surface area (Å²) >= 11 is 0. The van der Waals surface area contributed by atoms with Crippen molar-refractivity contribution in [3.63, 3.8) is 0 Å². The normalized spacial score (nSPS) is 15.4. The molecule has 0 aromatic rings. The summed E-state index contributed by atoms with van der Waals surface area (Å²) in [4.78, 5) is 11.7. The topological polar surface area (TPSA) is 17.1 Å². The molecule has 0 aromatic carbocycles. The molecule has 2 unspecified atom stereocenters. The molecule has 0 aliphatic heterocycles. The Morgan fingerprint density at radius 2 is 1.15 bits per heavy atom. The third-order valence-corrected chi connectivity index (χ3v) is 2.59. The summed E-state index contributed by atoms with van der Waals surface area (Å²) < 4.78 is 0. The summed E-state index contributed by atoms with van der Waals surface area (Å²) in [5.74, 6) is 2.96. The van der Waals surface area contributed by atoms with Crippen molar-refractivity contribution in [1.29, 1.82) is 0 Å². The van der Waals surface area contributed by atoms with Gasteiger partial charge in [0.25, 0.3) is 0 Å².